The highest BCUT2D eigenvalue weighted by Crippen LogP contribution is 2.08. The highest BCUT2D eigenvalue weighted by Gasteiger charge is 1.97. The first-order chi connectivity index (χ1) is 9.31. The van der Waals surface area contributed by atoms with Crippen molar-refractivity contribution in [3.63, 3.8) is 0 Å². The third kappa shape index (κ3) is 15.0. The van der Waals surface area contributed by atoms with Crippen LogP contribution in [0.5, 0.6) is 0 Å². The van der Waals surface area contributed by atoms with Gasteiger partial charge in [-0.25, -0.2) is 0 Å². The van der Waals surface area contributed by atoms with E-state index < -0.39 is 0 Å². The fourth-order valence-corrected chi connectivity index (χ4v) is 1.93. The van der Waals surface area contributed by atoms with Gasteiger partial charge < -0.3 is 4.74 Å². The zero-order chi connectivity index (χ0) is 14.2. The molecule has 0 spiro atoms. The van der Waals surface area contributed by atoms with Gasteiger partial charge in [0.15, 0.2) is 0 Å². The number of methoxy groups -OCH3 is 1. The summed E-state index contributed by atoms with van der Waals surface area (Å²) in [4.78, 5) is 10.9. The molecule has 0 N–H and O–H groups in total. The second kappa shape index (κ2) is 15.1. The Kier molecular flexibility index (Phi) is 14.3. The van der Waals surface area contributed by atoms with E-state index >= 15 is 0 Å². The minimum Gasteiger partial charge on any atom is -0.469 e. The number of ether oxygens (including phenoxy) is 1. The van der Waals surface area contributed by atoms with Gasteiger partial charge in [0.1, 0.15) is 0 Å². The summed E-state index contributed by atoms with van der Waals surface area (Å²) in [6.45, 7) is 2.25. The van der Waals surface area contributed by atoms with Crippen molar-refractivity contribution in [1.29, 1.82) is 0 Å². The number of carbonyl (C=O) groups is 1. The van der Waals surface area contributed by atoms with Crippen LogP contribution in [0.3, 0.4) is 0 Å². The minimum absolute atomic E-state index is 0.115. The van der Waals surface area contributed by atoms with E-state index in [2.05, 4.69) is 23.5 Å². The van der Waals surface area contributed by atoms with Gasteiger partial charge in [-0.2, -0.15) is 0 Å². The number of hydrogen-bond acceptors (Lipinski definition) is 2. The van der Waals surface area contributed by atoms with E-state index in [-0.39, 0.29) is 5.97 Å². The Morgan fingerprint density at radius 3 is 1.95 bits per heavy atom. The molecule has 0 aromatic carbocycles. The summed E-state index contributed by atoms with van der Waals surface area (Å²) in [6.07, 6.45) is 13.7. The summed E-state index contributed by atoms with van der Waals surface area (Å²) in [5.41, 5.74) is 0. The van der Waals surface area contributed by atoms with Gasteiger partial charge in [-0.3, -0.25) is 4.79 Å². The zero-order valence-corrected chi connectivity index (χ0v) is 12.8. The van der Waals surface area contributed by atoms with Crippen molar-refractivity contribution in [2.75, 3.05) is 7.11 Å². The van der Waals surface area contributed by atoms with Crippen molar-refractivity contribution < 1.29 is 9.53 Å². The first-order valence-electron chi connectivity index (χ1n) is 7.83. The second-order valence-corrected chi connectivity index (χ2v) is 5.01. The molecule has 0 saturated carbocycles. The normalized spacial score (nSPS) is 9.79. The average molecular weight is 266 g/mol. The van der Waals surface area contributed by atoms with E-state index in [0.717, 1.165) is 25.7 Å². The van der Waals surface area contributed by atoms with Crippen LogP contribution < -0.4 is 0 Å². The van der Waals surface area contributed by atoms with E-state index in [9.17, 15) is 4.79 Å². The Bertz CT molecular complexity index is 260. The minimum atomic E-state index is -0.115. The molecule has 0 fully saturated rings. The first-order valence-corrected chi connectivity index (χ1v) is 7.83. The molecule has 2 nitrogen and oxygen atoms in total. The third-order valence-electron chi connectivity index (χ3n) is 3.19. The molecule has 0 aliphatic carbocycles. The van der Waals surface area contributed by atoms with Crippen molar-refractivity contribution in [3.05, 3.63) is 0 Å². The molecule has 110 valence electrons. The van der Waals surface area contributed by atoms with Gasteiger partial charge in [0.05, 0.1) is 7.11 Å². The molecule has 0 atom stereocenters. The number of esters is 1. The summed E-state index contributed by atoms with van der Waals surface area (Å²) in [6, 6.07) is 0. The lowest BCUT2D eigenvalue weighted by Gasteiger charge is -1.98. The molecule has 0 aliphatic rings. The van der Waals surface area contributed by atoms with Gasteiger partial charge in [-0.1, -0.05) is 45.4 Å². The summed E-state index contributed by atoms with van der Waals surface area (Å²) < 4.78 is 4.58. The van der Waals surface area contributed by atoms with Crippen molar-refractivity contribution >= 4 is 5.97 Å². The van der Waals surface area contributed by atoms with E-state index in [4.69, 9.17) is 0 Å². The van der Waals surface area contributed by atoms with Crippen LogP contribution in [0.4, 0.5) is 0 Å². The molecule has 0 saturated heterocycles. The number of hydrogen-bond donors (Lipinski definition) is 0. The van der Waals surface area contributed by atoms with Gasteiger partial charge >= 0.3 is 5.97 Å². The standard InChI is InChI=1S/C17H30O2/c1-3-4-5-6-7-8-9-10-11-12-13-14-15-16-17(18)19-2/h3-10,13-16H2,1-2H3. The van der Waals surface area contributed by atoms with Gasteiger partial charge in [-0.05, 0) is 19.3 Å². The molecule has 0 amide bonds. The summed E-state index contributed by atoms with van der Waals surface area (Å²) in [5, 5.41) is 0. The number of carbonyl (C=O) groups excluding carboxylic acids is 1. The molecule has 0 aromatic rings. The molecule has 0 heterocycles. The van der Waals surface area contributed by atoms with Crippen molar-refractivity contribution in [3.8, 4) is 11.8 Å². The maximum absolute atomic E-state index is 10.9. The molecule has 2 heteroatoms. The first kappa shape index (κ1) is 18.0. The van der Waals surface area contributed by atoms with E-state index in [1.807, 2.05) is 0 Å². The van der Waals surface area contributed by atoms with Crippen LogP contribution in [0, 0.1) is 11.8 Å². The van der Waals surface area contributed by atoms with Crippen molar-refractivity contribution in [2.24, 2.45) is 0 Å². The van der Waals surface area contributed by atoms with E-state index in [1.54, 1.807) is 0 Å². The van der Waals surface area contributed by atoms with Crippen LogP contribution in [-0.2, 0) is 9.53 Å². The van der Waals surface area contributed by atoms with Gasteiger partial charge in [-0.15, -0.1) is 11.8 Å². The topological polar surface area (TPSA) is 26.3 Å². The van der Waals surface area contributed by atoms with Crippen LogP contribution in [-0.4, -0.2) is 13.1 Å². The lowest BCUT2D eigenvalue weighted by molar-refractivity contribution is -0.140. The van der Waals surface area contributed by atoms with Gasteiger partial charge in [0.25, 0.3) is 0 Å². The Balaban J connectivity index is 3.16. The fraction of sp³-hybridized carbons (Fsp3) is 0.824. The lowest BCUT2D eigenvalue weighted by atomic mass is 10.1. The molecule has 0 aromatic heterocycles. The Labute approximate surface area is 119 Å². The maximum Gasteiger partial charge on any atom is 0.305 e. The average Bonchev–Trinajstić information content (AvgIpc) is 2.43. The highest BCUT2D eigenvalue weighted by atomic mass is 16.5. The van der Waals surface area contributed by atoms with Crippen LogP contribution >= 0.6 is 0 Å². The van der Waals surface area contributed by atoms with Gasteiger partial charge in [0.2, 0.25) is 0 Å². The monoisotopic (exact) mass is 266 g/mol. The number of rotatable bonds is 11. The van der Waals surface area contributed by atoms with Gasteiger partial charge in [0, 0.05) is 19.3 Å². The smallest absolute Gasteiger partial charge is 0.305 e. The summed E-state index contributed by atoms with van der Waals surface area (Å²) in [7, 11) is 1.43. The summed E-state index contributed by atoms with van der Waals surface area (Å²) >= 11 is 0. The van der Waals surface area contributed by atoms with Crippen LogP contribution in [0.1, 0.15) is 84.0 Å². The molecular formula is C17H30O2. The van der Waals surface area contributed by atoms with Crippen molar-refractivity contribution in [2.45, 2.75) is 84.0 Å². The maximum atomic E-state index is 10.9. The zero-order valence-electron chi connectivity index (χ0n) is 12.8. The van der Waals surface area contributed by atoms with Crippen LogP contribution in [0.2, 0.25) is 0 Å². The lowest BCUT2D eigenvalue weighted by Crippen LogP contribution is -1.98. The van der Waals surface area contributed by atoms with E-state index in [1.165, 1.54) is 52.1 Å². The Hall–Kier alpha value is -0.970. The quantitative estimate of drug-likeness (QED) is 0.303. The largest absolute Gasteiger partial charge is 0.469 e. The Morgan fingerprint density at radius 1 is 0.842 bits per heavy atom. The SMILES string of the molecule is CCCCCCCCCC#CCCCCC(=O)OC. The highest BCUT2D eigenvalue weighted by molar-refractivity contribution is 5.68. The molecule has 19 heavy (non-hydrogen) atoms. The third-order valence-corrected chi connectivity index (χ3v) is 3.19. The predicted molar refractivity (Wildman–Crippen MR) is 80.9 cm³/mol. The second-order valence-electron chi connectivity index (χ2n) is 5.01. The van der Waals surface area contributed by atoms with Crippen LogP contribution in [0.25, 0.3) is 0 Å². The molecule has 0 aliphatic heterocycles. The van der Waals surface area contributed by atoms with Crippen molar-refractivity contribution in [1.82, 2.24) is 0 Å². The fourth-order valence-electron chi connectivity index (χ4n) is 1.93. The molecule has 0 unspecified atom stereocenters. The molecule has 0 rings (SSSR count). The molecule has 0 bridgehead atoms. The number of unbranched alkanes of at least 4 members (excludes halogenated alkanes) is 9. The van der Waals surface area contributed by atoms with Crippen LogP contribution in [0.15, 0.2) is 0 Å². The summed E-state index contributed by atoms with van der Waals surface area (Å²) in [5.74, 6) is 6.29. The predicted octanol–water partition coefficient (Wildman–Crippen LogP) is 4.86. The molecular weight excluding hydrogens is 236 g/mol. The Morgan fingerprint density at radius 2 is 1.37 bits per heavy atom. The van der Waals surface area contributed by atoms with E-state index in [0.29, 0.717) is 6.42 Å². The molecule has 0 radical (unpaired) electrons.